The van der Waals surface area contributed by atoms with Crippen molar-refractivity contribution in [1.29, 1.82) is 0 Å². The maximum Gasteiger partial charge on any atom is 0.409 e. The van der Waals surface area contributed by atoms with Crippen molar-refractivity contribution in [3.05, 3.63) is 63.3 Å². The topological polar surface area (TPSA) is 84.6 Å². The van der Waals surface area contributed by atoms with Crippen LogP contribution in [0.4, 0.5) is 10.5 Å². The molecule has 0 aliphatic heterocycles. The second kappa shape index (κ2) is 8.76. The van der Waals surface area contributed by atoms with Crippen LogP contribution >= 0.6 is 23.2 Å². The van der Waals surface area contributed by atoms with Gasteiger partial charge in [-0.05, 0) is 42.8 Å². The lowest BCUT2D eigenvalue weighted by Gasteiger charge is -2.12. The average molecular weight is 435 g/mol. The SMILES string of the molecule is Cc1cc(OCc2c(-c3c(Cl)cccc3Cl)noc2C(C)C)ccc1NC(=O)O. The lowest BCUT2D eigenvalue weighted by Crippen LogP contribution is -2.08. The van der Waals surface area contributed by atoms with E-state index in [-0.39, 0.29) is 12.5 Å². The molecule has 6 nitrogen and oxygen atoms in total. The van der Waals surface area contributed by atoms with Gasteiger partial charge in [-0.2, -0.15) is 0 Å². The maximum absolute atomic E-state index is 10.8. The fraction of sp³-hybridized carbons (Fsp3) is 0.238. The Balaban J connectivity index is 1.92. The van der Waals surface area contributed by atoms with Gasteiger partial charge in [-0.25, -0.2) is 4.79 Å². The molecule has 0 spiro atoms. The Morgan fingerprint density at radius 2 is 1.93 bits per heavy atom. The Labute approximate surface area is 178 Å². The van der Waals surface area contributed by atoms with E-state index in [2.05, 4.69) is 10.5 Å². The van der Waals surface area contributed by atoms with E-state index < -0.39 is 6.09 Å². The number of rotatable bonds is 6. The molecule has 0 saturated carbocycles. The number of hydrogen-bond donors (Lipinski definition) is 2. The number of aromatic nitrogens is 1. The summed E-state index contributed by atoms with van der Waals surface area (Å²) in [6.07, 6.45) is -1.12. The summed E-state index contributed by atoms with van der Waals surface area (Å²) >= 11 is 12.7. The molecule has 2 aromatic carbocycles. The van der Waals surface area contributed by atoms with Crippen LogP contribution in [0, 0.1) is 6.92 Å². The number of hydrogen-bond acceptors (Lipinski definition) is 4. The number of carboxylic acid groups (broad SMARTS) is 1. The smallest absolute Gasteiger partial charge is 0.409 e. The second-order valence-corrected chi connectivity index (χ2v) is 7.64. The fourth-order valence-corrected chi connectivity index (χ4v) is 3.55. The van der Waals surface area contributed by atoms with E-state index >= 15 is 0 Å². The molecule has 0 aliphatic carbocycles. The van der Waals surface area contributed by atoms with E-state index in [1.54, 1.807) is 43.3 Å². The molecular formula is C21H20Cl2N2O4. The summed E-state index contributed by atoms with van der Waals surface area (Å²) in [5.41, 5.74) is 3.16. The van der Waals surface area contributed by atoms with Gasteiger partial charge < -0.3 is 14.4 Å². The van der Waals surface area contributed by atoms with Crippen LogP contribution < -0.4 is 10.1 Å². The van der Waals surface area contributed by atoms with Crippen LogP contribution in [0.15, 0.2) is 40.9 Å². The highest BCUT2D eigenvalue weighted by Crippen LogP contribution is 2.38. The summed E-state index contributed by atoms with van der Waals surface area (Å²) in [5, 5.41) is 16.4. The van der Waals surface area contributed by atoms with Crippen LogP contribution in [0.5, 0.6) is 5.75 Å². The first-order valence-corrected chi connectivity index (χ1v) is 9.69. The zero-order valence-electron chi connectivity index (χ0n) is 16.1. The summed E-state index contributed by atoms with van der Waals surface area (Å²) < 4.78 is 11.5. The van der Waals surface area contributed by atoms with Crippen molar-refractivity contribution >= 4 is 35.0 Å². The first-order valence-electron chi connectivity index (χ1n) is 8.94. The van der Waals surface area contributed by atoms with Gasteiger partial charge in [0.15, 0.2) is 0 Å². The summed E-state index contributed by atoms with van der Waals surface area (Å²) in [5.74, 6) is 1.36. The van der Waals surface area contributed by atoms with Crippen molar-refractivity contribution in [3.63, 3.8) is 0 Å². The zero-order valence-corrected chi connectivity index (χ0v) is 17.6. The number of amides is 1. The van der Waals surface area contributed by atoms with Crippen LogP contribution in [-0.2, 0) is 6.61 Å². The van der Waals surface area contributed by atoms with Crippen molar-refractivity contribution in [2.24, 2.45) is 0 Å². The Hall–Kier alpha value is -2.70. The van der Waals surface area contributed by atoms with E-state index in [1.807, 2.05) is 13.8 Å². The van der Waals surface area contributed by atoms with Gasteiger partial charge in [0.25, 0.3) is 0 Å². The molecule has 0 atom stereocenters. The van der Waals surface area contributed by atoms with Crippen LogP contribution in [0.2, 0.25) is 10.0 Å². The molecule has 0 bridgehead atoms. The van der Waals surface area contributed by atoms with E-state index in [0.29, 0.717) is 38.5 Å². The van der Waals surface area contributed by atoms with Crippen LogP contribution in [-0.4, -0.2) is 16.4 Å². The number of nitrogens with one attached hydrogen (secondary N) is 1. The van der Waals surface area contributed by atoms with Gasteiger partial charge >= 0.3 is 6.09 Å². The minimum absolute atomic E-state index is 0.0833. The number of aryl methyl sites for hydroxylation is 1. The molecular weight excluding hydrogens is 415 g/mol. The summed E-state index contributed by atoms with van der Waals surface area (Å²) in [6, 6.07) is 10.4. The van der Waals surface area contributed by atoms with Crippen LogP contribution in [0.3, 0.4) is 0 Å². The quantitative estimate of drug-likeness (QED) is 0.447. The Kier molecular flexibility index (Phi) is 6.35. The van der Waals surface area contributed by atoms with Crippen molar-refractivity contribution in [3.8, 4) is 17.0 Å². The number of anilines is 1. The Morgan fingerprint density at radius 1 is 1.24 bits per heavy atom. The van der Waals surface area contributed by atoms with E-state index in [1.165, 1.54) is 0 Å². The molecule has 1 aromatic heterocycles. The highest BCUT2D eigenvalue weighted by Gasteiger charge is 2.23. The van der Waals surface area contributed by atoms with Crippen LogP contribution in [0.1, 0.15) is 36.7 Å². The predicted octanol–water partition coefficient (Wildman–Crippen LogP) is 6.75. The van der Waals surface area contributed by atoms with Crippen molar-refractivity contribution in [1.82, 2.24) is 5.16 Å². The van der Waals surface area contributed by atoms with Gasteiger partial charge in [0.05, 0.1) is 15.6 Å². The monoisotopic (exact) mass is 434 g/mol. The van der Waals surface area contributed by atoms with E-state index in [4.69, 9.17) is 37.6 Å². The number of carbonyl (C=O) groups is 1. The van der Waals surface area contributed by atoms with Gasteiger partial charge in [-0.3, -0.25) is 5.32 Å². The average Bonchev–Trinajstić information content (AvgIpc) is 3.05. The Morgan fingerprint density at radius 3 is 2.52 bits per heavy atom. The molecule has 3 aromatic rings. The summed E-state index contributed by atoms with van der Waals surface area (Å²) in [6.45, 7) is 5.99. The largest absolute Gasteiger partial charge is 0.489 e. The van der Waals surface area contributed by atoms with Crippen molar-refractivity contribution in [2.75, 3.05) is 5.32 Å². The van der Waals surface area contributed by atoms with Gasteiger partial charge in [0.2, 0.25) is 0 Å². The molecule has 2 N–H and O–H groups in total. The molecule has 152 valence electrons. The molecule has 29 heavy (non-hydrogen) atoms. The molecule has 0 aliphatic rings. The summed E-state index contributed by atoms with van der Waals surface area (Å²) in [4.78, 5) is 10.8. The van der Waals surface area contributed by atoms with E-state index in [9.17, 15) is 4.79 Å². The maximum atomic E-state index is 10.8. The standard InChI is InChI=1S/C21H20Cl2N2O4/c1-11(2)20-14(19(25-29-20)18-15(22)5-4-6-16(18)23)10-28-13-7-8-17(12(3)9-13)24-21(26)27/h4-9,11,24H,10H2,1-3H3,(H,26,27). The number of ether oxygens (including phenoxy) is 1. The molecule has 8 heteroatoms. The second-order valence-electron chi connectivity index (χ2n) is 6.82. The third-order valence-electron chi connectivity index (χ3n) is 4.37. The number of halogens is 2. The number of nitrogens with zero attached hydrogens (tertiary/aromatic N) is 1. The fourth-order valence-electron chi connectivity index (χ4n) is 2.97. The predicted molar refractivity (Wildman–Crippen MR) is 113 cm³/mol. The third-order valence-corrected chi connectivity index (χ3v) is 5.00. The molecule has 1 amide bonds. The van der Waals surface area contributed by atoms with Crippen molar-refractivity contribution in [2.45, 2.75) is 33.3 Å². The first-order chi connectivity index (χ1) is 13.8. The lowest BCUT2D eigenvalue weighted by atomic mass is 10.0. The molecule has 0 unspecified atom stereocenters. The Bertz CT molecular complexity index is 1030. The molecule has 0 saturated heterocycles. The third kappa shape index (κ3) is 4.66. The minimum Gasteiger partial charge on any atom is -0.489 e. The van der Waals surface area contributed by atoms with Crippen molar-refractivity contribution < 1.29 is 19.2 Å². The summed E-state index contributed by atoms with van der Waals surface area (Å²) in [7, 11) is 0. The van der Waals surface area contributed by atoms with Gasteiger partial charge in [0, 0.05) is 17.2 Å². The number of benzene rings is 2. The van der Waals surface area contributed by atoms with E-state index in [0.717, 1.165) is 11.1 Å². The first kappa shape index (κ1) is 21.0. The molecule has 3 rings (SSSR count). The highest BCUT2D eigenvalue weighted by molar-refractivity contribution is 6.39. The van der Waals surface area contributed by atoms with Gasteiger partial charge in [-0.15, -0.1) is 0 Å². The normalized spacial score (nSPS) is 11.0. The molecule has 0 fully saturated rings. The highest BCUT2D eigenvalue weighted by atomic mass is 35.5. The van der Waals surface area contributed by atoms with Crippen LogP contribution in [0.25, 0.3) is 11.3 Å². The molecule has 1 heterocycles. The molecule has 0 radical (unpaired) electrons. The van der Waals surface area contributed by atoms with Gasteiger partial charge in [0.1, 0.15) is 23.8 Å². The lowest BCUT2D eigenvalue weighted by molar-refractivity contribution is 0.209. The van der Waals surface area contributed by atoms with Gasteiger partial charge in [-0.1, -0.05) is 48.3 Å². The minimum atomic E-state index is -1.12. The zero-order chi connectivity index (χ0) is 21.1.